The minimum atomic E-state index is -0.318. The molecule has 0 aliphatic rings. The van der Waals surface area contributed by atoms with Gasteiger partial charge >= 0.3 is 17.9 Å². The van der Waals surface area contributed by atoms with Gasteiger partial charge in [-0.15, -0.1) is 0 Å². The van der Waals surface area contributed by atoms with Crippen LogP contribution in [0.1, 0.15) is 329 Å². The first kappa shape index (κ1) is 61.6. The Kier molecular flexibility index (Phi) is 45.8. The van der Waals surface area contributed by atoms with Crippen LogP contribution < -0.4 is 14.2 Å². The van der Waals surface area contributed by atoms with Gasteiger partial charge in [0, 0.05) is 37.5 Å². The fourth-order valence-electron chi connectivity index (χ4n) is 9.19. The quantitative estimate of drug-likeness (QED) is 0.0368. The van der Waals surface area contributed by atoms with Crippen molar-refractivity contribution in [3.63, 3.8) is 0 Å². The van der Waals surface area contributed by atoms with Gasteiger partial charge in [0.1, 0.15) is 17.2 Å². The molecule has 1 aromatic rings. The van der Waals surface area contributed by atoms with Crippen LogP contribution in [0.25, 0.3) is 0 Å². The summed E-state index contributed by atoms with van der Waals surface area (Å²) in [6.45, 7) is 6.82. The van der Waals surface area contributed by atoms with Gasteiger partial charge in [-0.25, -0.2) is 0 Å². The third kappa shape index (κ3) is 42.9. The average Bonchev–Trinajstić information content (AvgIpc) is 3.30. The summed E-state index contributed by atoms with van der Waals surface area (Å²) in [6.07, 6.45) is 58.2. The maximum absolute atomic E-state index is 12.9. The van der Waals surface area contributed by atoms with Crippen LogP contribution in [0.15, 0.2) is 18.2 Å². The fourth-order valence-corrected chi connectivity index (χ4v) is 9.19. The van der Waals surface area contributed by atoms with Gasteiger partial charge < -0.3 is 14.2 Å². The van der Waals surface area contributed by atoms with E-state index in [2.05, 4.69) is 20.8 Å². The van der Waals surface area contributed by atoms with Crippen molar-refractivity contribution in [2.45, 2.75) is 329 Å². The van der Waals surface area contributed by atoms with Gasteiger partial charge in [-0.3, -0.25) is 14.4 Å². The normalized spacial score (nSPS) is 11.3. The number of ether oxygens (including phenoxy) is 3. The van der Waals surface area contributed by atoms with E-state index in [1.54, 1.807) is 18.2 Å². The monoisotopic (exact) mass is 925 g/mol. The summed E-state index contributed by atoms with van der Waals surface area (Å²) in [7, 11) is 0. The van der Waals surface area contributed by atoms with E-state index in [-0.39, 0.29) is 35.2 Å². The van der Waals surface area contributed by atoms with Crippen molar-refractivity contribution in [2.24, 2.45) is 0 Å². The molecule has 0 saturated heterocycles. The van der Waals surface area contributed by atoms with Crippen molar-refractivity contribution in [3.05, 3.63) is 18.2 Å². The maximum Gasteiger partial charge on any atom is 0.311 e. The second-order valence-corrected chi connectivity index (χ2v) is 20.2. The van der Waals surface area contributed by atoms with Crippen LogP contribution in [0.4, 0.5) is 0 Å². The smallest absolute Gasteiger partial charge is 0.311 e. The molecule has 6 heteroatoms. The van der Waals surface area contributed by atoms with Crippen molar-refractivity contribution in [1.82, 2.24) is 0 Å². The SMILES string of the molecule is CCCCCCCCCCCCCCCCCC(=O)Oc1cc(OC(=O)CCCCCCCCCCCCCCCCC)cc(OC(=O)CCCCCCCCCCCCCCCCC)c1. The van der Waals surface area contributed by atoms with E-state index in [0.717, 1.165) is 57.8 Å². The number of hydrogen-bond acceptors (Lipinski definition) is 6. The second-order valence-electron chi connectivity index (χ2n) is 20.2. The Bertz CT molecular complexity index is 1070. The van der Waals surface area contributed by atoms with Crippen molar-refractivity contribution < 1.29 is 28.6 Å². The molecule has 0 spiro atoms. The van der Waals surface area contributed by atoms with Crippen LogP contribution in [0.5, 0.6) is 17.2 Å². The largest absolute Gasteiger partial charge is 0.426 e. The molecule has 6 nitrogen and oxygen atoms in total. The number of unbranched alkanes of at least 4 members (excludes halogenated alkanes) is 42. The molecule has 0 aromatic heterocycles. The molecule has 0 N–H and O–H groups in total. The van der Waals surface area contributed by atoms with Crippen molar-refractivity contribution >= 4 is 17.9 Å². The molecule has 0 amide bonds. The lowest BCUT2D eigenvalue weighted by Gasteiger charge is -2.11. The lowest BCUT2D eigenvalue weighted by molar-refractivity contribution is -0.135. The lowest BCUT2D eigenvalue weighted by Crippen LogP contribution is -2.11. The van der Waals surface area contributed by atoms with E-state index in [1.807, 2.05) is 0 Å². The third-order valence-corrected chi connectivity index (χ3v) is 13.5. The van der Waals surface area contributed by atoms with E-state index in [1.165, 1.54) is 231 Å². The topological polar surface area (TPSA) is 78.9 Å². The van der Waals surface area contributed by atoms with Crippen LogP contribution in [-0.2, 0) is 14.4 Å². The van der Waals surface area contributed by atoms with Gasteiger partial charge in [0.2, 0.25) is 0 Å². The Labute approximate surface area is 409 Å². The molecule has 1 rings (SSSR count). The summed E-state index contributed by atoms with van der Waals surface area (Å²) in [5, 5.41) is 0. The van der Waals surface area contributed by atoms with Gasteiger partial charge in [-0.2, -0.15) is 0 Å². The predicted molar refractivity (Wildman–Crippen MR) is 282 cm³/mol. The maximum atomic E-state index is 12.9. The summed E-state index contributed by atoms with van der Waals surface area (Å²) in [4.78, 5) is 38.7. The minimum absolute atomic E-state index is 0.244. The number of rotatable bonds is 51. The van der Waals surface area contributed by atoms with Crippen LogP contribution in [0.3, 0.4) is 0 Å². The standard InChI is InChI=1S/C60H108O6/c1-4-7-10-13-16-19-22-25-28-31-34-37-40-43-46-49-58(61)64-55-52-56(65-59(62)50-47-44-41-38-35-32-29-26-23-20-17-14-11-8-5-2)54-57(53-55)66-60(63)51-48-45-42-39-36-33-30-27-24-21-18-15-12-9-6-3/h52-54H,4-51H2,1-3H3. The summed E-state index contributed by atoms with van der Waals surface area (Å²) >= 11 is 0. The van der Waals surface area contributed by atoms with Crippen molar-refractivity contribution in [2.75, 3.05) is 0 Å². The van der Waals surface area contributed by atoms with Gasteiger partial charge in [0.15, 0.2) is 0 Å². The van der Waals surface area contributed by atoms with Crippen LogP contribution in [0.2, 0.25) is 0 Å². The van der Waals surface area contributed by atoms with Crippen LogP contribution in [0, 0.1) is 0 Å². The summed E-state index contributed by atoms with van der Waals surface area (Å²) in [5.41, 5.74) is 0. The molecular formula is C60H108O6. The zero-order valence-electron chi connectivity index (χ0n) is 44.1. The van der Waals surface area contributed by atoms with E-state index in [0.29, 0.717) is 19.3 Å². The number of carbonyl (C=O) groups is 3. The van der Waals surface area contributed by atoms with E-state index >= 15 is 0 Å². The highest BCUT2D eigenvalue weighted by Gasteiger charge is 2.14. The number of carbonyl (C=O) groups excluding carboxylic acids is 3. The van der Waals surface area contributed by atoms with Gasteiger partial charge in [-0.05, 0) is 19.3 Å². The lowest BCUT2D eigenvalue weighted by atomic mass is 10.0. The Morgan fingerprint density at radius 2 is 0.379 bits per heavy atom. The highest BCUT2D eigenvalue weighted by molar-refractivity contribution is 5.76. The fraction of sp³-hybridized carbons (Fsp3) is 0.850. The van der Waals surface area contributed by atoms with Gasteiger partial charge in [0.25, 0.3) is 0 Å². The Hall–Kier alpha value is -2.37. The molecule has 0 heterocycles. The first-order chi connectivity index (χ1) is 32.5. The Balaban J connectivity index is 2.43. The second kappa shape index (κ2) is 49.1. The molecule has 66 heavy (non-hydrogen) atoms. The molecule has 0 saturated carbocycles. The highest BCUT2D eigenvalue weighted by atomic mass is 16.6. The van der Waals surface area contributed by atoms with E-state index in [4.69, 9.17) is 14.2 Å². The minimum Gasteiger partial charge on any atom is -0.426 e. The molecule has 0 bridgehead atoms. The van der Waals surface area contributed by atoms with Crippen LogP contribution in [-0.4, -0.2) is 17.9 Å². The zero-order valence-corrected chi connectivity index (χ0v) is 44.1. The molecular weight excluding hydrogens is 817 g/mol. The van der Waals surface area contributed by atoms with E-state index in [9.17, 15) is 14.4 Å². The number of esters is 3. The third-order valence-electron chi connectivity index (χ3n) is 13.5. The Morgan fingerprint density at radius 3 is 0.530 bits per heavy atom. The molecule has 0 aliphatic carbocycles. The van der Waals surface area contributed by atoms with E-state index < -0.39 is 0 Å². The summed E-state index contributed by atoms with van der Waals surface area (Å²) < 4.78 is 17.2. The van der Waals surface area contributed by atoms with Gasteiger partial charge in [-0.1, -0.05) is 290 Å². The molecule has 0 radical (unpaired) electrons. The first-order valence-corrected chi connectivity index (χ1v) is 29.3. The van der Waals surface area contributed by atoms with Crippen molar-refractivity contribution in [3.8, 4) is 17.2 Å². The number of benzene rings is 1. The van der Waals surface area contributed by atoms with Crippen LogP contribution >= 0.6 is 0 Å². The average molecular weight is 926 g/mol. The highest BCUT2D eigenvalue weighted by Crippen LogP contribution is 2.30. The molecule has 0 fully saturated rings. The zero-order chi connectivity index (χ0) is 47.6. The number of hydrogen-bond donors (Lipinski definition) is 0. The summed E-state index contributed by atoms with van der Waals surface area (Å²) in [5.74, 6) is -0.225. The molecule has 0 aliphatic heterocycles. The molecule has 0 atom stereocenters. The predicted octanol–water partition coefficient (Wildman–Crippen LogP) is 20.2. The molecule has 384 valence electrons. The molecule has 1 aromatic carbocycles. The van der Waals surface area contributed by atoms with Crippen molar-refractivity contribution in [1.29, 1.82) is 0 Å². The van der Waals surface area contributed by atoms with Gasteiger partial charge in [0.05, 0.1) is 0 Å². The molecule has 0 unspecified atom stereocenters. The summed E-state index contributed by atoms with van der Waals surface area (Å²) in [6, 6.07) is 4.71. The Morgan fingerprint density at radius 1 is 0.242 bits per heavy atom. The first-order valence-electron chi connectivity index (χ1n) is 29.3.